The van der Waals surface area contributed by atoms with E-state index >= 15 is 0 Å². The molecule has 0 heterocycles. The molecule has 1 atom stereocenters. The summed E-state index contributed by atoms with van der Waals surface area (Å²) in [5.74, 6) is 0.425. The first kappa shape index (κ1) is 15.3. The lowest BCUT2D eigenvalue weighted by Crippen LogP contribution is -2.45. The topological polar surface area (TPSA) is 29.1 Å². The highest BCUT2D eigenvalue weighted by atomic mass is 35.5. The lowest BCUT2D eigenvalue weighted by molar-refractivity contribution is 0.0901. The molecule has 0 aliphatic rings. The second-order valence-electron chi connectivity index (χ2n) is 4.82. The van der Waals surface area contributed by atoms with Crippen molar-refractivity contribution in [1.29, 1.82) is 0 Å². The van der Waals surface area contributed by atoms with Gasteiger partial charge in [-0.2, -0.15) is 0 Å². The lowest BCUT2D eigenvalue weighted by atomic mass is 9.95. The molecule has 0 saturated heterocycles. The van der Waals surface area contributed by atoms with Crippen LogP contribution in [0.2, 0.25) is 5.02 Å². The van der Waals surface area contributed by atoms with E-state index < -0.39 is 0 Å². The van der Waals surface area contributed by atoms with Crippen LogP contribution in [0.1, 0.15) is 42.6 Å². The predicted molar refractivity (Wildman–Crippen MR) is 77.7 cm³/mol. The van der Waals surface area contributed by atoms with E-state index in [1.54, 1.807) is 6.07 Å². The minimum Gasteiger partial charge on any atom is -0.347 e. The van der Waals surface area contributed by atoms with Crippen LogP contribution in [-0.4, -0.2) is 17.3 Å². The third-order valence-electron chi connectivity index (χ3n) is 3.15. The van der Waals surface area contributed by atoms with Gasteiger partial charge in [-0.15, -0.1) is 11.6 Å². The number of halogens is 2. The van der Waals surface area contributed by atoms with Crippen LogP contribution in [0.5, 0.6) is 0 Å². The molecule has 0 aliphatic carbocycles. The second kappa shape index (κ2) is 6.44. The molecule has 1 aromatic rings. The van der Waals surface area contributed by atoms with Gasteiger partial charge in [0.25, 0.3) is 5.91 Å². The summed E-state index contributed by atoms with van der Waals surface area (Å²) in [6.07, 6.45) is 1.58. The number of hydrogen-bond acceptors (Lipinski definition) is 1. The Balaban J connectivity index is 2.87. The molecule has 1 unspecified atom stereocenters. The van der Waals surface area contributed by atoms with E-state index in [2.05, 4.69) is 5.32 Å². The number of benzene rings is 1. The van der Waals surface area contributed by atoms with Crippen molar-refractivity contribution in [2.24, 2.45) is 0 Å². The maximum atomic E-state index is 12.2. The van der Waals surface area contributed by atoms with E-state index in [1.807, 2.05) is 32.9 Å². The van der Waals surface area contributed by atoms with E-state index in [0.717, 1.165) is 18.4 Å². The van der Waals surface area contributed by atoms with Crippen molar-refractivity contribution in [1.82, 2.24) is 5.32 Å². The molecular formula is C14H19Cl2NO. The Morgan fingerprint density at radius 1 is 1.39 bits per heavy atom. The van der Waals surface area contributed by atoms with Crippen LogP contribution in [0, 0.1) is 6.92 Å². The SMILES string of the molecule is CCC(C)(CCCl)NC(=O)c1cc(C)cc(Cl)c1. The highest BCUT2D eigenvalue weighted by molar-refractivity contribution is 6.31. The van der Waals surface area contributed by atoms with Gasteiger partial charge in [0.2, 0.25) is 0 Å². The number of rotatable bonds is 5. The third kappa shape index (κ3) is 4.18. The van der Waals surface area contributed by atoms with E-state index in [4.69, 9.17) is 23.2 Å². The van der Waals surface area contributed by atoms with Gasteiger partial charge in [0.15, 0.2) is 0 Å². The molecule has 1 aromatic carbocycles. The molecule has 2 nitrogen and oxygen atoms in total. The summed E-state index contributed by atoms with van der Waals surface area (Å²) in [7, 11) is 0. The number of hydrogen-bond donors (Lipinski definition) is 1. The molecule has 0 radical (unpaired) electrons. The molecule has 0 bridgehead atoms. The first-order valence-corrected chi connectivity index (χ1v) is 6.97. The maximum Gasteiger partial charge on any atom is 0.251 e. The molecule has 18 heavy (non-hydrogen) atoms. The summed E-state index contributed by atoms with van der Waals surface area (Å²) >= 11 is 11.7. The van der Waals surface area contributed by atoms with Crippen molar-refractivity contribution in [3.63, 3.8) is 0 Å². The summed E-state index contributed by atoms with van der Waals surface area (Å²) in [5.41, 5.74) is 1.30. The zero-order valence-corrected chi connectivity index (χ0v) is 12.5. The first-order chi connectivity index (χ1) is 8.40. The Hall–Kier alpha value is -0.730. The smallest absolute Gasteiger partial charge is 0.251 e. The van der Waals surface area contributed by atoms with E-state index in [1.165, 1.54) is 0 Å². The van der Waals surface area contributed by atoms with Gasteiger partial charge in [-0.3, -0.25) is 4.79 Å². The second-order valence-corrected chi connectivity index (χ2v) is 5.64. The zero-order chi connectivity index (χ0) is 13.8. The van der Waals surface area contributed by atoms with Crippen molar-refractivity contribution in [3.8, 4) is 0 Å². The van der Waals surface area contributed by atoms with Crippen LogP contribution < -0.4 is 5.32 Å². The summed E-state index contributed by atoms with van der Waals surface area (Å²) in [6.45, 7) is 5.96. The quantitative estimate of drug-likeness (QED) is 0.809. The van der Waals surface area contributed by atoms with Gasteiger partial charge in [0.05, 0.1) is 0 Å². The van der Waals surface area contributed by atoms with Crippen LogP contribution in [0.15, 0.2) is 18.2 Å². The van der Waals surface area contributed by atoms with Gasteiger partial charge in [0, 0.05) is 22.0 Å². The monoisotopic (exact) mass is 287 g/mol. The number of carbonyl (C=O) groups is 1. The lowest BCUT2D eigenvalue weighted by Gasteiger charge is -2.29. The fraction of sp³-hybridized carbons (Fsp3) is 0.500. The van der Waals surface area contributed by atoms with E-state index in [0.29, 0.717) is 16.5 Å². The molecule has 1 rings (SSSR count). The van der Waals surface area contributed by atoms with Crippen molar-refractivity contribution < 1.29 is 4.79 Å². The molecule has 0 saturated carbocycles. The summed E-state index contributed by atoms with van der Waals surface area (Å²) < 4.78 is 0. The van der Waals surface area contributed by atoms with Crippen LogP contribution >= 0.6 is 23.2 Å². The molecule has 0 aliphatic heterocycles. The highest BCUT2D eigenvalue weighted by Gasteiger charge is 2.24. The van der Waals surface area contributed by atoms with Crippen molar-refractivity contribution in [2.75, 3.05) is 5.88 Å². The zero-order valence-electron chi connectivity index (χ0n) is 11.0. The Bertz CT molecular complexity index is 414. The normalized spacial score (nSPS) is 14.1. The third-order valence-corrected chi connectivity index (χ3v) is 3.55. The Morgan fingerprint density at radius 3 is 2.56 bits per heavy atom. The summed E-state index contributed by atoms with van der Waals surface area (Å²) in [5, 5.41) is 3.61. The number of alkyl halides is 1. The highest BCUT2D eigenvalue weighted by Crippen LogP contribution is 2.18. The fourth-order valence-electron chi connectivity index (χ4n) is 1.75. The number of aryl methyl sites for hydroxylation is 1. The largest absolute Gasteiger partial charge is 0.347 e. The summed E-state index contributed by atoms with van der Waals surface area (Å²) in [6, 6.07) is 5.34. The molecule has 1 amide bonds. The average Bonchev–Trinajstić information content (AvgIpc) is 2.28. The minimum absolute atomic E-state index is 0.102. The Labute approximate surface area is 119 Å². The van der Waals surface area contributed by atoms with Crippen molar-refractivity contribution in [2.45, 2.75) is 39.2 Å². The van der Waals surface area contributed by atoms with E-state index in [9.17, 15) is 4.79 Å². The van der Waals surface area contributed by atoms with Gasteiger partial charge in [-0.25, -0.2) is 0 Å². The van der Waals surface area contributed by atoms with Gasteiger partial charge < -0.3 is 5.32 Å². The van der Waals surface area contributed by atoms with Gasteiger partial charge in [-0.1, -0.05) is 18.5 Å². The summed E-state index contributed by atoms with van der Waals surface area (Å²) in [4.78, 5) is 12.2. The van der Waals surface area contributed by atoms with Gasteiger partial charge in [0.1, 0.15) is 0 Å². The van der Waals surface area contributed by atoms with Crippen LogP contribution in [0.3, 0.4) is 0 Å². The van der Waals surface area contributed by atoms with Crippen molar-refractivity contribution >= 4 is 29.1 Å². The van der Waals surface area contributed by atoms with Crippen molar-refractivity contribution in [3.05, 3.63) is 34.3 Å². The van der Waals surface area contributed by atoms with Crippen LogP contribution in [0.25, 0.3) is 0 Å². The molecule has 0 spiro atoms. The first-order valence-electron chi connectivity index (χ1n) is 6.06. The Kier molecular flexibility index (Phi) is 5.48. The predicted octanol–water partition coefficient (Wildman–Crippen LogP) is 4.18. The standard InChI is InChI=1S/C14H19Cl2NO/c1-4-14(3,5-6-15)17-13(18)11-7-10(2)8-12(16)9-11/h7-9H,4-6H2,1-3H3,(H,17,18). The molecular weight excluding hydrogens is 269 g/mol. The van der Waals surface area contributed by atoms with Crippen LogP contribution in [0.4, 0.5) is 0 Å². The number of nitrogens with one attached hydrogen (secondary N) is 1. The molecule has 0 aromatic heterocycles. The fourth-order valence-corrected chi connectivity index (χ4v) is 2.46. The molecule has 1 N–H and O–H groups in total. The van der Waals surface area contributed by atoms with Gasteiger partial charge in [-0.05, 0) is 50.5 Å². The average molecular weight is 288 g/mol. The van der Waals surface area contributed by atoms with E-state index in [-0.39, 0.29) is 11.4 Å². The van der Waals surface area contributed by atoms with Gasteiger partial charge >= 0.3 is 0 Å². The molecule has 4 heteroatoms. The van der Waals surface area contributed by atoms with Crippen LogP contribution in [-0.2, 0) is 0 Å². The number of amides is 1. The minimum atomic E-state index is -0.269. The maximum absolute atomic E-state index is 12.2. The number of carbonyl (C=O) groups excluding carboxylic acids is 1. The Morgan fingerprint density at radius 2 is 2.06 bits per heavy atom. The molecule has 100 valence electrons. The molecule has 0 fully saturated rings.